The Bertz CT molecular complexity index is 384. The van der Waals surface area contributed by atoms with Crippen molar-refractivity contribution < 1.29 is 9.47 Å². The lowest BCUT2D eigenvalue weighted by atomic mass is 9.84. The molecule has 0 bridgehead atoms. The van der Waals surface area contributed by atoms with E-state index in [4.69, 9.17) is 9.47 Å². The highest BCUT2D eigenvalue weighted by Gasteiger charge is 2.31. The zero-order valence-electron chi connectivity index (χ0n) is 9.36. The fraction of sp³-hybridized carbons (Fsp3) is 0.385. The van der Waals surface area contributed by atoms with Crippen LogP contribution in [-0.4, -0.2) is 14.2 Å². The molecule has 0 fully saturated rings. The van der Waals surface area contributed by atoms with E-state index < -0.39 is 0 Å². The second kappa shape index (κ2) is 3.80. The van der Waals surface area contributed by atoms with Gasteiger partial charge in [-0.05, 0) is 24.1 Å². The highest BCUT2D eigenvalue weighted by atomic mass is 16.5. The first-order chi connectivity index (χ1) is 7.21. The monoisotopic (exact) mass is 204 g/mol. The Hall–Kier alpha value is -1.12. The molecule has 2 heteroatoms. The first kappa shape index (κ1) is 10.4. The highest BCUT2D eigenvalue weighted by Crippen LogP contribution is 2.38. The summed E-state index contributed by atoms with van der Waals surface area (Å²) < 4.78 is 11.0. The van der Waals surface area contributed by atoms with Gasteiger partial charge in [-0.3, -0.25) is 0 Å². The van der Waals surface area contributed by atoms with Crippen molar-refractivity contribution in [3.05, 3.63) is 47.5 Å². The average Bonchev–Trinajstić information content (AvgIpc) is 2.30. The highest BCUT2D eigenvalue weighted by molar-refractivity contribution is 5.42. The molecule has 2 rings (SSSR count). The smallest absolute Gasteiger partial charge is 0.108 e. The summed E-state index contributed by atoms with van der Waals surface area (Å²) in [6.45, 7) is 2.06. The van der Waals surface area contributed by atoms with Gasteiger partial charge in [0, 0.05) is 14.2 Å². The lowest BCUT2D eigenvalue weighted by Gasteiger charge is -2.33. The summed E-state index contributed by atoms with van der Waals surface area (Å²) in [5.74, 6) is 0. The molecular weight excluding hydrogens is 188 g/mol. The fourth-order valence-corrected chi connectivity index (χ4v) is 2.05. The van der Waals surface area contributed by atoms with Crippen molar-refractivity contribution in [1.82, 2.24) is 0 Å². The van der Waals surface area contributed by atoms with Crippen molar-refractivity contribution in [2.45, 2.75) is 18.6 Å². The number of hydrogen-bond acceptors (Lipinski definition) is 2. The van der Waals surface area contributed by atoms with Gasteiger partial charge in [0.2, 0.25) is 0 Å². The fourth-order valence-electron chi connectivity index (χ4n) is 2.05. The molecule has 0 heterocycles. The summed E-state index contributed by atoms with van der Waals surface area (Å²) >= 11 is 0. The molecule has 80 valence electrons. The lowest BCUT2D eigenvalue weighted by molar-refractivity contribution is 0.0352. The van der Waals surface area contributed by atoms with E-state index in [0.29, 0.717) is 0 Å². The van der Waals surface area contributed by atoms with E-state index in [1.807, 2.05) is 18.2 Å². The molecular formula is C13H16O2. The maximum atomic E-state index is 5.56. The van der Waals surface area contributed by atoms with E-state index in [1.54, 1.807) is 14.2 Å². The minimum absolute atomic E-state index is 0.0458. The SMILES string of the molecule is CO[C@H]1C=C[C@@](C)(OC)c2ccccc21. The zero-order valence-corrected chi connectivity index (χ0v) is 9.36. The van der Waals surface area contributed by atoms with E-state index in [2.05, 4.69) is 25.1 Å². The third-order valence-electron chi connectivity index (χ3n) is 3.07. The van der Waals surface area contributed by atoms with Gasteiger partial charge >= 0.3 is 0 Å². The van der Waals surface area contributed by atoms with Gasteiger partial charge in [0.15, 0.2) is 0 Å². The first-order valence-corrected chi connectivity index (χ1v) is 5.08. The summed E-state index contributed by atoms with van der Waals surface area (Å²) in [7, 11) is 3.45. The summed E-state index contributed by atoms with van der Waals surface area (Å²) in [6.07, 6.45) is 4.15. The maximum Gasteiger partial charge on any atom is 0.108 e. The molecule has 0 saturated carbocycles. The molecule has 1 aliphatic carbocycles. The molecule has 0 saturated heterocycles. The van der Waals surface area contributed by atoms with Crippen molar-refractivity contribution in [1.29, 1.82) is 0 Å². The summed E-state index contributed by atoms with van der Waals surface area (Å²) in [5, 5.41) is 0. The van der Waals surface area contributed by atoms with E-state index in [0.717, 1.165) is 0 Å². The van der Waals surface area contributed by atoms with Crippen LogP contribution in [0, 0.1) is 0 Å². The van der Waals surface area contributed by atoms with Crippen molar-refractivity contribution in [2.24, 2.45) is 0 Å². The molecule has 0 aromatic heterocycles. The standard InChI is InChI=1S/C13H16O2/c1-13(15-3)9-8-12(14-2)10-6-4-5-7-11(10)13/h4-9,12H,1-3H3/t12-,13+/m0/s1. The summed E-state index contributed by atoms with van der Waals surface area (Å²) in [5.41, 5.74) is 2.04. The number of ether oxygens (including phenoxy) is 2. The Kier molecular flexibility index (Phi) is 2.63. The van der Waals surface area contributed by atoms with Crippen LogP contribution in [0.4, 0.5) is 0 Å². The molecule has 1 aromatic rings. The zero-order chi connectivity index (χ0) is 10.9. The van der Waals surface area contributed by atoms with Gasteiger partial charge in [-0.1, -0.05) is 30.3 Å². The quantitative estimate of drug-likeness (QED) is 0.690. The minimum atomic E-state index is -0.328. The summed E-state index contributed by atoms with van der Waals surface area (Å²) in [6, 6.07) is 8.24. The van der Waals surface area contributed by atoms with Crippen LogP contribution in [0.1, 0.15) is 24.2 Å². The molecule has 0 N–H and O–H groups in total. The molecule has 0 spiro atoms. The van der Waals surface area contributed by atoms with Crippen LogP contribution in [0.15, 0.2) is 36.4 Å². The second-order valence-corrected chi connectivity index (χ2v) is 3.91. The Morgan fingerprint density at radius 2 is 1.93 bits per heavy atom. The number of benzene rings is 1. The van der Waals surface area contributed by atoms with Gasteiger partial charge in [0.05, 0.1) is 0 Å². The van der Waals surface area contributed by atoms with Gasteiger partial charge in [-0.25, -0.2) is 0 Å². The molecule has 2 nitrogen and oxygen atoms in total. The molecule has 1 aromatic carbocycles. The van der Waals surface area contributed by atoms with E-state index >= 15 is 0 Å². The Labute approximate surface area is 90.5 Å². The number of methoxy groups -OCH3 is 2. The lowest BCUT2D eigenvalue weighted by Crippen LogP contribution is -2.27. The largest absolute Gasteiger partial charge is 0.373 e. The van der Waals surface area contributed by atoms with Crippen LogP contribution in [0.5, 0.6) is 0 Å². The van der Waals surface area contributed by atoms with Gasteiger partial charge in [-0.2, -0.15) is 0 Å². The normalized spacial score (nSPS) is 28.9. The predicted octanol–water partition coefficient (Wildman–Crippen LogP) is 2.81. The van der Waals surface area contributed by atoms with Gasteiger partial charge in [0.1, 0.15) is 11.7 Å². The maximum absolute atomic E-state index is 5.56. The Balaban J connectivity index is 2.54. The topological polar surface area (TPSA) is 18.5 Å². The van der Waals surface area contributed by atoms with Crippen molar-refractivity contribution >= 4 is 0 Å². The molecule has 0 aliphatic heterocycles. The van der Waals surface area contributed by atoms with Gasteiger partial charge in [0.25, 0.3) is 0 Å². The molecule has 2 atom stereocenters. The van der Waals surface area contributed by atoms with E-state index in [9.17, 15) is 0 Å². The summed E-state index contributed by atoms with van der Waals surface area (Å²) in [4.78, 5) is 0. The van der Waals surface area contributed by atoms with E-state index in [1.165, 1.54) is 11.1 Å². The first-order valence-electron chi connectivity index (χ1n) is 5.08. The molecule has 1 aliphatic rings. The van der Waals surface area contributed by atoms with Crippen LogP contribution >= 0.6 is 0 Å². The van der Waals surface area contributed by atoms with Crippen LogP contribution < -0.4 is 0 Å². The van der Waals surface area contributed by atoms with Crippen molar-refractivity contribution in [3.8, 4) is 0 Å². The number of hydrogen-bond donors (Lipinski definition) is 0. The molecule has 0 radical (unpaired) electrons. The Morgan fingerprint density at radius 1 is 1.20 bits per heavy atom. The number of rotatable bonds is 2. The minimum Gasteiger partial charge on any atom is -0.373 e. The van der Waals surface area contributed by atoms with Gasteiger partial charge in [-0.15, -0.1) is 0 Å². The van der Waals surface area contributed by atoms with Crippen LogP contribution in [-0.2, 0) is 15.1 Å². The van der Waals surface area contributed by atoms with Crippen molar-refractivity contribution in [3.63, 3.8) is 0 Å². The van der Waals surface area contributed by atoms with Crippen LogP contribution in [0.3, 0.4) is 0 Å². The van der Waals surface area contributed by atoms with Gasteiger partial charge < -0.3 is 9.47 Å². The average molecular weight is 204 g/mol. The second-order valence-electron chi connectivity index (χ2n) is 3.91. The molecule has 15 heavy (non-hydrogen) atoms. The number of fused-ring (bicyclic) bond motifs is 1. The van der Waals surface area contributed by atoms with Crippen LogP contribution in [0.25, 0.3) is 0 Å². The third-order valence-corrected chi connectivity index (χ3v) is 3.07. The molecule has 0 amide bonds. The molecule has 0 unspecified atom stereocenters. The van der Waals surface area contributed by atoms with Crippen molar-refractivity contribution in [2.75, 3.05) is 14.2 Å². The van der Waals surface area contributed by atoms with E-state index in [-0.39, 0.29) is 11.7 Å². The third kappa shape index (κ3) is 1.60. The Morgan fingerprint density at radius 3 is 2.60 bits per heavy atom. The van der Waals surface area contributed by atoms with Crippen LogP contribution in [0.2, 0.25) is 0 Å². The predicted molar refractivity (Wildman–Crippen MR) is 59.7 cm³/mol.